The van der Waals surface area contributed by atoms with E-state index in [9.17, 15) is 44.0 Å². The second-order valence-electron chi connectivity index (χ2n) is 12.1. The topological polar surface area (TPSA) is 162 Å². The minimum atomic E-state index is -5.79. The highest BCUT2D eigenvalue weighted by atomic mass is 32.2. The molecular weight excluding hydrogens is 674 g/mol. The van der Waals surface area contributed by atoms with E-state index in [4.69, 9.17) is 14.0 Å². The molecule has 3 aliphatic heterocycles. The van der Waals surface area contributed by atoms with Crippen LogP contribution < -0.4 is 9.46 Å². The van der Waals surface area contributed by atoms with Crippen LogP contribution in [0.4, 0.5) is 17.6 Å². The van der Waals surface area contributed by atoms with E-state index in [2.05, 4.69) is 9.46 Å². The first kappa shape index (κ1) is 30.4. The molecule has 3 aromatic rings. The molecule has 3 aromatic carbocycles. The Morgan fingerprint density at radius 1 is 0.851 bits per heavy atom. The number of rotatable bonds is 5. The second-order valence-corrected chi connectivity index (χ2v) is 15.3. The molecule has 47 heavy (non-hydrogen) atoms. The van der Waals surface area contributed by atoms with Gasteiger partial charge >= 0.3 is 22.1 Å². The van der Waals surface area contributed by atoms with Crippen LogP contribution in [0.3, 0.4) is 0 Å². The van der Waals surface area contributed by atoms with Crippen molar-refractivity contribution < 1.29 is 62.7 Å². The van der Waals surface area contributed by atoms with E-state index >= 15 is 0 Å². The summed E-state index contributed by atoms with van der Waals surface area (Å²) in [5, 5.41) is -1.68. The van der Waals surface area contributed by atoms with E-state index < -0.39 is 107 Å². The third-order valence-electron chi connectivity index (χ3n) is 9.81. The molecule has 11 nitrogen and oxygen atoms in total. The van der Waals surface area contributed by atoms with Crippen molar-refractivity contribution >= 4 is 32.1 Å². The number of hydrogen-bond acceptors (Lipinski definition) is 9. The first-order valence-electron chi connectivity index (χ1n) is 14.3. The van der Waals surface area contributed by atoms with Crippen LogP contribution in [0.1, 0.15) is 40.5 Å². The lowest BCUT2D eigenvalue weighted by Crippen LogP contribution is -2.52. The summed E-state index contributed by atoms with van der Waals surface area (Å²) in [5.74, 6) is -17.6. The molecule has 4 bridgehead atoms. The third-order valence-corrected chi connectivity index (χ3v) is 12.6. The molecule has 3 saturated heterocycles. The lowest BCUT2D eigenvalue weighted by molar-refractivity contribution is -0.162. The lowest BCUT2D eigenvalue weighted by Gasteiger charge is -2.44. The van der Waals surface area contributed by atoms with E-state index in [0.717, 1.165) is 22.3 Å². The monoisotopic (exact) mass is 695 g/mol. The maximum absolute atomic E-state index is 14.7. The fourth-order valence-electron chi connectivity index (χ4n) is 8.04. The molecule has 0 amide bonds. The number of carbonyl (C=O) groups excluding carboxylic acids is 2. The Bertz CT molecular complexity index is 2070. The lowest BCUT2D eigenvalue weighted by atomic mass is 9.59. The smallest absolute Gasteiger partial charge is 0.318 e. The van der Waals surface area contributed by atoms with Crippen molar-refractivity contribution in [3.63, 3.8) is 0 Å². The van der Waals surface area contributed by atoms with Crippen molar-refractivity contribution in [2.24, 2.45) is 11.8 Å². The summed E-state index contributed by atoms with van der Waals surface area (Å²) in [5.41, 5.74) is 4.05. The standard InChI is InChI=1S/C30H21F4NO10S2/c31-18-20(33)28(47(40,41)42)21(34)19(32)24(18)44-30(37)17-23-25(22-26(43-23)27(17)46(38,39)35-22)45-29(36)15-9-14-10-5-1-3-7-12(10)16(15)13-8-4-2-6-11(13)14/h1-8,14-17,22-23,25-27,35H,9H2,(H,40,41,42). The molecule has 7 atom stereocenters. The summed E-state index contributed by atoms with van der Waals surface area (Å²) in [6.45, 7) is 0. The Balaban J connectivity index is 1.10. The number of ether oxygens (including phenoxy) is 3. The van der Waals surface area contributed by atoms with Gasteiger partial charge in [-0.3, -0.25) is 14.1 Å². The zero-order valence-corrected chi connectivity index (χ0v) is 25.1. The van der Waals surface area contributed by atoms with Crippen LogP contribution >= 0.6 is 0 Å². The molecule has 0 aromatic heterocycles. The van der Waals surface area contributed by atoms with Crippen LogP contribution in [-0.2, 0) is 39.2 Å². The van der Waals surface area contributed by atoms with Crippen LogP contribution in [0.2, 0.25) is 0 Å². The van der Waals surface area contributed by atoms with E-state index in [1.54, 1.807) is 0 Å². The van der Waals surface area contributed by atoms with Crippen molar-refractivity contribution in [3.8, 4) is 5.75 Å². The Kier molecular flexibility index (Phi) is 6.51. The average Bonchev–Trinajstić information content (AvgIpc) is 3.64. The van der Waals surface area contributed by atoms with Crippen molar-refractivity contribution in [1.29, 1.82) is 0 Å². The molecule has 0 saturated carbocycles. The number of halogens is 4. The van der Waals surface area contributed by atoms with Gasteiger partial charge in [0.05, 0.1) is 18.1 Å². The molecule has 246 valence electrons. The fourth-order valence-corrected chi connectivity index (χ4v) is 10.7. The molecular formula is C30H21F4NO10S2. The first-order chi connectivity index (χ1) is 22.2. The highest BCUT2D eigenvalue weighted by Crippen LogP contribution is 2.56. The number of nitrogens with one attached hydrogen (secondary N) is 1. The largest absolute Gasteiger partial charge is 0.458 e. The molecule has 9 rings (SSSR count). The Hall–Kier alpha value is -3.90. The van der Waals surface area contributed by atoms with Gasteiger partial charge in [-0.25, -0.2) is 21.9 Å². The molecule has 7 unspecified atom stereocenters. The van der Waals surface area contributed by atoms with Crippen LogP contribution in [0.25, 0.3) is 0 Å². The Morgan fingerprint density at radius 3 is 1.96 bits per heavy atom. The van der Waals surface area contributed by atoms with Gasteiger partial charge in [-0.1, -0.05) is 48.5 Å². The highest BCUT2D eigenvalue weighted by Gasteiger charge is 2.73. The molecule has 3 heterocycles. The van der Waals surface area contributed by atoms with E-state index in [1.807, 2.05) is 48.5 Å². The minimum Gasteiger partial charge on any atom is -0.458 e. The SMILES string of the molecule is O=C(OC1C2NS(=O)(=O)C3C2OC1C3C(=O)Oc1c(F)c(F)c(S(=O)(=O)O)c(F)c1F)C1CC2c3ccccc3C1c1ccccc12. The summed E-state index contributed by atoms with van der Waals surface area (Å²) >= 11 is 0. The number of benzene rings is 3. The molecule has 0 spiro atoms. The molecule has 2 N–H and O–H groups in total. The number of hydrogen-bond donors (Lipinski definition) is 2. The van der Waals surface area contributed by atoms with Gasteiger partial charge in [0.1, 0.15) is 23.4 Å². The predicted octanol–water partition coefficient (Wildman–Crippen LogP) is 2.67. The number of carbonyl (C=O) groups is 2. The molecule has 3 aliphatic carbocycles. The summed E-state index contributed by atoms with van der Waals surface area (Å²) in [4.78, 5) is 24.9. The normalized spacial score (nSPS) is 32.1. The van der Waals surface area contributed by atoms with Gasteiger partial charge in [0, 0.05) is 11.8 Å². The zero-order valence-electron chi connectivity index (χ0n) is 23.5. The molecule has 3 fully saturated rings. The third kappa shape index (κ3) is 4.19. The van der Waals surface area contributed by atoms with Crippen LogP contribution in [-0.4, -0.2) is 62.9 Å². The summed E-state index contributed by atoms with van der Waals surface area (Å²) < 4.78 is 134. The van der Waals surface area contributed by atoms with Crippen LogP contribution in [0.15, 0.2) is 53.4 Å². The average molecular weight is 696 g/mol. The Labute approximate surface area is 263 Å². The fraction of sp³-hybridized carbons (Fsp3) is 0.333. The Morgan fingerprint density at radius 2 is 1.40 bits per heavy atom. The van der Waals surface area contributed by atoms with Crippen LogP contribution in [0, 0.1) is 35.1 Å². The number of esters is 2. The van der Waals surface area contributed by atoms with E-state index in [1.165, 1.54) is 0 Å². The number of fused-ring (bicyclic) bond motifs is 2. The summed E-state index contributed by atoms with van der Waals surface area (Å²) in [6.07, 6.45) is -3.77. The second kappa shape index (κ2) is 10.1. The zero-order chi connectivity index (χ0) is 33.3. The number of sulfonamides is 1. The van der Waals surface area contributed by atoms with Crippen molar-refractivity contribution in [2.75, 3.05) is 0 Å². The van der Waals surface area contributed by atoms with E-state index in [0.29, 0.717) is 6.42 Å². The quantitative estimate of drug-likeness (QED) is 0.134. The van der Waals surface area contributed by atoms with Crippen molar-refractivity contribution in [3.05, 3.63) is 94.1 Å². The van der Waals surface area contributed by atoms with Gasteiger partial charge in [0.2, 0.25) is 27.4 Å². The predicted molar refractivity (Wildman–Crippen MR) is 148 cm³/mol. The maximum Gasteiger partial charge on any atom is 0.318 e. The van der Waals surface area contributed by atoms with Crippen molar-refractivity contribution in [2.45, 2.75) is 52.8 Å². The summed E-state index contributed by atoms with van der Waals surface area (Å²) in [7, 11) is -10.2. The van der Waals surface area contributed by atoms with Gasteiger partial charge in [0.25, 0.3) is 0 Å². The minimum absolute atomic E-state index is 0.115. The highest BCUT2D eigenvalue weighted by molar-refractivity contribution is 7.90. The molecule has 0 radical (unpaired) electrons. The van der Waals surface area contributed by atoms with Crippen molar-refractivity contribution in [1.82, 2.24) is 4.72 Å². The van der Waals surface area contributed by atoms with Gasteiger partial charge in [-0.15, -0.1) is 0 Å². The maximum atomic E-state index is 14.7. The van der Waals surface area contributed by atoms with Gasteiger partial charge in [0.15, 0.2) is 16.5 Å². The van der Waals surface area contributed by atoms with Gasteiger partial charge in [-0.05, 0) is 28.7 Å². The van der Waals surface area contributed by atoms with E-state index in [-0.39, 0.29) is 11.8 Å². The van der Waals surface area contributed by atoms with Crippen LogP contribution in [0.5, 0.6) is 5.75 Å². The first-order valence-corrected chi connectivity index (χ1v) is 17.3. The summed E-state index contributed by atoms with van der Waals surface area (Å²) in [6, 6.07) is 14.3. The molecule has 6 aliphatic rings. The van der Waals surface area contributed by atoms with Gasteiger partial charge in [-0.2, -0.15) is 17.2 Å². The van der Waals surface area contributed by atoms with Gasteiger partial charge < -0.3 is 14.2 Å². The molecule has 17 heteroatoms.